The van der Waals surface area contributed by atoms with Crippen LogP contribution >= 0.6 is 0 Å². The summed E-state index contributed by atoms with van der Waals surface area (Å²) in [7, 11) is 0. The molecule has 3 aliphatic rings. The van der Waals surface area contributed by atoms with E-state index in [0.717, 1.165) is 22.8 Å². The molecule has 0 atom stereocenters. The number of carbonyl (C=O) groups excluding carboxylic acids is 1. The number of hydrogen-bond donors (Lipinski definition) is 1. The number of hydrogen-bond acceptors (Lipinski definition) is 5. The average molecular weight is 376 g/mol. The molecular weight excluding hydrogens is 360 g/mol. The molecule has 1 N–H and O–H groups in total. The lowest BCUT2D eigenvalue weighted by molar-refractivity contribution is -0.114. The van der Waals surface area contributed by atoms with Crippen LogP contribution in [0.25, 0.3) is 6.08 Å². The van der Waals surface area contributed by atoms with Gasteiger partial charge in [-0.05, 0) is 42.8 Å². The SMILES string of the molecule is CC1=CC2=NC(=O)C(=Cc3cccn3Cc3ccc4c(c3)OCO4)C(=N)N2O1. The maximum atomic E-state index is 12.4. The number of amidine groups is 2. The largest absolute Gasteiger partial charge is 0.454 e. The van der Waals surface area contributed by atoms with Crippen molar-refractivity contribution in [3.63, 3.8) is 0 Å². The summed E-state index contributed by atoms with van der Waals surface area (Å²) in [6.45, 7) is 2.57. The molecule has 0 unspecified atom stereocenters. The molecule has 28 heavy (non-hydrogen) atoms. The Kier molecular flexibility index (Phi) is 3.58. The second-order valence-corrected chi connectivity index (χ2v) is 6.57. The maximum absolute atomic E-state index is 12.4. The standard InChI is InChI=1S/C20H16N4O4/c1-12-7-18-22-20(25)15(19(21)24(18)28-12)9-14-3-2-6-23(14)10-13-4-5-16-17(8-13)27-11-26-16/h2-9,21H,10-11H2,1H3. The van der Waals surface area contributed by atoms with E-state index in [4.69, 9.17) is 19.7 Å². The van der Waals surface area contributed by atoms with Gasteiger partial charge in [0.25, 0.3) is 5.91 Å². The van der Waals surface area contributed by atoms with Crippen LogP contribution in [0.15, 0.2) is 58.9 Å². The van der Waals surface area contributed by atoms with Gasteiger partial charge in [-0.2, -0.15) is 4.99 Å². The molecule has 8 nitrogen and oxygen atoms in total. The van der Waals surface area contributed by atoms with Gasteiger partial charge in [-0.3, -0.25) is 10.2 Å². The van der Waals surface area contributed by atoms with Crippen molar-refractivity contribution in [2.75, 3.05) is 6.79 Å². The van der Waals surface area contributed by atoms with E-state index in [9.17, 15) is 4.79 Å². The summed E-state index contributed by atoms with van der Waals surface area (Å²) in [5, 5.41) is 9.59. The van der Waals surface area contributed by atoms with Crippen molar-refractivity contribution in [2.24, 2.45) is 4.99 Å². The fourth-order valence-corrected chi connectivity index (χ4v) is 3.29. The molecule has 8 heteroatoms. The number of benzene rings is 1. The molecular formula is C20H16N4O4. The van der Waals surface area contributed by atoms with Gasteiger partial charge in [-0.25, -0.2) is 0 Å². The monoisotopic (exact) mass is 376 g/mol. The number of allylic oxidation sites excluding steroid dienone is 1. The first-order valence-electron chi connectivity index (χ1n) is 8.72. The average Bonchev–Trinajstić information content (AvgIpc) is 3.38. The lowest BCUT2D eigenvalue weighted by atomic mass is 10.1. The summed E-state index contributed by atoms with van der Waals surface area (Å²) in [5.74, 6) is 1.90. The smallest absolute Gasteiger partial charge is 0.283 e. The molecule has 0 bridgehead atoms. The van der Waals surface area contributed by atoms with Crippen LogP contribution in [0, 0.1) is 5.41 Å². The number of ether oxygens (including phenoxy) is 2. The van der Waals surface area contributed by atoms with Gasteiger partial charge in [0.2, 0.25) is 6.79 Å². The third kappa shape index (κ3) is 2.66. The van der Waals surface area contributed by atoms with Crippen LogP contribution < -0.4 is 9.47 Å². The summed E-state index contributed by atoms with van der Waals surface area (Å²) in [6, 6.07) is 9.57. The first kappa shape index (κ1) is 16.4. The number of rotatable bonds is 3. The van der Waals surface area contributed by atoms with Gasteiger partial charge in [0.15, 0.2) is 23.2 Å². The lowest BCUT2D eigenvalue weighted by Crippen LogP contribution is -2.38. The van der Waals surface area contributed by atoms with Crippen molar-refractivity contribution in [3.05, 3.63) is 65.2 Å². The Morgan fingerprint density at radius 3 is 3.00 bits per heavy atom. The van der Waals surface area contributed by atoms with Crippen molar-refractivity contribution in [2.45, 2.75) is 13.5 Å². The minimum absolute atomic E-state index is 0.0288. The van der Waals surface area contributed by atoms with Gasteiger partial charge in [-0.1, -0.05) is 6.07 Å². The Balaban J connectivity index is 1.44. The molecule has 0 aliphatic carbocycles. The van der Waals surface area contributed by atoms with Crippen LogP contribution in [-0.4, -0.2) is 34.0 Å². The maximum Gasteiger partial charge on any atom is 0.283 e. The van der Waals surface area contributed by atoms with Crippen LogP contribution in [0.1, 0.15) is 18.2 Å². The number of nitrogens with one attached hydrogen (secondary N) is 1. The first-order valence-corrected chi connectivity index (χ1v) is 8.72. The number of nitrogens with zero attached hydrogens (tertiary/aromatic N) is 3. The van der Waals surface area contributed by atoms with Crippen molar-refractivity contribution < 1.29 is 19.1 Å². The Bertz CT molecular complexity index is 1110. The highest BCUT2D eigenvalue weighted by Crippen LogP contribution is 2.33. The minimum Gasteiger partial charge on any atom is -0.454 e. The summed E-state index contributed by atoms with van der Waals surface area (Å²) >= 11 is 0. The van der Waals surface area contributed by atoms with E-state index in [1.165, 1.54) is 5.06 Å². The number of amides is 1. The van der Waals surface area contributed by atoms with Crippen molar-refractivity contribution in [3.8, 4) is 11.5 Å². The number of aliphatic imine (C=N–C) groups is 1. The summed E-state index contributed by atoms with van der Waals surface area (Å²) < 4.78 is 12.8. The third-order valence-corrected chi connectivity index (χ3v) is 4.63. The zero-order valence-electron chi connectivity index (χ0n) is 15.0. The molecule has 0 radical (unpaired) electrons. The molecule has 1 aromatic carbocycles. The quantitative estimate of drug-likeness (QED) is 0.832. The van der Waals surface area contributed by atoms with Crippen molar-refractivity contribution >= 4 is 23.7 Å². The fraction of sp³-hybridized carbons (Fsp3) is 0.150. The Morgan fingerprint density at radius 1 is 1.25 bits per heavy atom. The number of aromatic nitrogens is 1. The van der Waals surface area contributed by atoms with E-state index in [1.807, 2.05) is 41.1 Å². The van der Waals surface area contributed by atoms with Crippen LogP contribution in [0.2, 0.25) is 0 Å². The second kappa shape index (κ2) is 6.12. The Morgan fingerprint density at radius 2 is 2.11 bits per heavy atom. The molecule has 5 rings (SSSR count). The minimum atomic E-state index is -0.457. The molecule has 1 aromatic heterocycles. The van der Waals surface area contributed by atoms with E-state index in [-0.39, 0.29) is 18.2 Å². The highest BCUT2D eigenvalue weighted by molar-refractivity contribution is 6.32. The van der Waals surface area contributed by atoms with Gasteiger partial charge < -0.3 is 18.9 Å². The third-order valence-electron chi connectivity index (χ3n) is 4.63. The van der Waals surface area contributed by atoms with Gasteiger partial charge in [-0.15, -0.1) is 5.06 Å². The highest BCUT2D eigenvalue weighted by atomic mass is 16.7. The van der Waals surface area contributed by atoms with E-state index in [1.54, 1.807) is 19.1 Å². The van der Waals surface area contributed by atoms with Gasteiger partial charge in [0.05, 0.1) is 5.57 Å². The predicted octanol–water partition coefficient (Wildman–Crippen LogP) is 2.72. The van der Waals surface area contributed by atoms with E-state index >= 15 is 0 Å². The molecule has 1 amide bonds. The molecule has 4 heterocycles. The molecule has 0 saturated carbocycles. The number of carbonyl (C=O) groups is 1. The fourth-order valence-electron chi connectivity index (χ4n) is 3.29. The second-order valence-electron chi connectivity index (χ2n) is 6.57. The molecule has 0 saturated heterocycles. The molecule has 2 aromatic rings. The van der Waals surface area contributed by atoms with Crippen LogP contribution in [-0.2, 0) is 16.2 Å². The van der Waals surface area contributed by atoms with Gasteiger partial charge in [0.1, 0.15) is 5.76 Å². The van der Waals surface area contributed by atoms with E-state index < -0.39 is 5.91 Å². The summed E-state index contributed by atoms with van der Waals surface area (Å²) in [5.41, 5.74) is 2.00. The number of hydroxylamine groups is 2. The van der Waals surface area contributed by atoms with E-state index in [2.05, 4.69) is 4.99 Å². The Labute approximate surface area is 160 Å². The molecule has 140 valence electrons. The lowest BCUT2D eigenvalue weighted by Gasteiger charge is -2.23. The summed E-state index contributed by atoms with van der Waals surface area (Å²) in [6.07, 6.45) is 5.21. The van der Waals surface area contributed by atoms with Crippen LogP contribution in [0.5, 0.6) is 11.5 Å². The van der Waals surface area contributed by atoms with Crippen LogP contribution in [0.3, 0.4) is 0 Å². The Hall–Kier alpha value is -3.81. The first-order chi connectivity index (χ1) is 13.6. The molecule has 0 fully saturated rings. The van der Waals surface area contributed by atoms with Gasteiger partial charge >= 0.3 is 0 Å². The van der Waals surface area contributed by atoms with Crippen molar-refractivity contribution in [1.29, 1.82) is 5.41 Å². The van der Waals surface area contributed by atoms with E-state index in [0.29, 0.717) is 18.1 Å². The van der Waals surface area contributed by atoms with Crippen molar-refractivity contribution in [1.82, 2.24) is 9.63 Å². The van der Waals surface area contributed by atoms with Crippen LogP contribution in [0.4, 0.5) is 0 Å². The highest BCUT2D eigenvalue weighted by Gasteiger charge is 2.34. The topological polar surface area (TPSA) is 89.1 Å². The predicted molar refractivity (Wildman–Crippen MR) is 101 cm³/mol. The van der Waals surface area contributed by atoms with Gasteiger partial charge in [0, 0.05) is 24.5 Å². The summed E-state index contributed by atoms with van der Waals surface area (Å²) in [4.78, 5) is 21.9. The zero-order chi connectivity index (χ0) is 19.3. The molecule has 0 spiro atoms. The number of fused-ring (bicyclic) bond motifs is 2. The molecule has 3 aliphatic heterocycles. The normalized spacial score (nSPS) is 18.9. The zero-order valence-corrected chi connectivity index (χ0v) is 15.0.